The molecule has 2 aromatic carbocycles. The van der Waals surface area contributed by atoms with Gasteiger partial charge in [-0.3, -0.25) is 0 Å². The number of hydrogen-bond acceptors (Lipinski definition) is 2. The van der Waals surface area contributed by atoms with Crippen LogP contribution in [0.25, 0.3) is 5.57 Å². The van der Waals surface area contributed by atoms with Crippen LogP contribution >= 0.6 is 15.9 Å². The van der Waals surface area contributed by atoms with Crippen molar-refractivity contribution in [3.63, 3.8) is 0 Å². The second kappa shape index (κ2) is 5.41. The van der Waals surface area contributed by atoms with Crippen molar-refractivity contribution in [2.45, 2.75) is 13.5 Å². The first kappa shape index (κ1) is 14.0. The lowest BCUT2D eigenvalue weighted by Gasteiger charge is -2.32. The lowest BCUT2D eigenvalue weighted by atomic mass is 9.98. The molecule has 0 aliphatic carbocycles. The Morgan fingerprint density at radius 2 is 1.95 bits per heavy atom. The Balaban J connectivity index is 2.06. The predicted octanol–water partition coefficient (Wildman–Crippen LogP) is 4.97. The number of nitrogen functional groups attached to an aromatic ring is 1. The number of nitrogens with zero attached hydrogens (tertiary/aromatic N) is 1. The summed E-state index contributed by atoms with van der Waals surface area (Å²) in [5.41, 5.74) is 12.6. The molecule has 3 heteroatoms. The second-order valence-corrected chi connectivity index (χ2v) is 6.17. The molecule has 2 nitrogen and oxygen atoms in total. The van der Waals surface area contributed by atoms with Crippen molar-refractivity contribution < 1.29 is 0 Å². The van der Waals surface area contributed by atoms with Gasteiger partial charge in [-0.25, -0.2) is 0 Å². The molecule has 2 N–H and O–H groups in total. The van der Waals surface area contributed by atoms with E-state index in [-0.39, 0.29) is 0 Å². The van der Waals surface area contributed by atoms with Gasteiger partial charge in [0.2, 0.25) is 0 Å². The van der Waals surface area contributed by atoms with Gasteiger partial charge in [0.25, 0.3) is 0 Å². The highest BCUT2D eigenvalue weighted by atomic mass is 79.9. The molecule has 1 heterocycles. The minimum absolute atomic E-state index is 0.756. The zero-order valence-electron chi connectivity index (χ0n) is 11.9. The van der Waals surface area contributed by atoms with Crippen molar-refractivity contribution in [1.29, 1.82) is 0 Å². The zero-order valence-corrected chi connectivity index (χ0v) is 13.5. The fourth-order valence-electron chi connectivity index (χ4n) is 2.66. The van der Waals surface area contributed by atoms with Gasteiger partial charge in [0.1, 0.15) is 0 Å². The van der Waals surface area contributed by atoms with Crippen LogP contribution < -0.4 is 10.6 Å². The topological polar surface area (TPSA) is 29.3 Å². The molecule has 1 aliphatic heterocycles. The van der Waals surface area contributed by atoms with Crippen molar-refractivity contribution in [1.82, 2.24) is 0 Å². The number of allylic oxidation sites excluding steroid dienone is 3. The third-order valence-corrected chi connectivity index (χ3v) is 4.28. The Bertz CT molecular complexity index is 747. The molecule has 0 amide bonds. The van der Waals surface area contributed by atoms with Gasteiger partial charge in [-0.15, -0.1) is 0 Å². The van der Waals surface area contributed by atoms with Crippen LogP contribution in [0.1, 0.15) is 18.1 Å². The molecule has 0 aromatic heterocycles. The van der Waals surface area contributed by atoms with E-state index in [2.05, 4.69) is 58.6 Å². The summed E-state index contributed by atoms with van der Waals surface area (Å²) in [5.74, 6) is 0. The van der Waals surface area contributed by atoms with E-state index in [0.29, 0.717) is 0 Å². The first-order valence-electron chi connectivity index (χ1n) is 6.84. The molecular formula is C18H17BrN2. The average molecular weight is 341 g/mol. The molecule has 0 unspecified atom stereocenters. The number of halogens is 1. The minimum atomic E-state index is 0.756. The Morgan fingerprint density at radius 3 is 2.71 bits per heavy atom. The minimum Gasteiger partial charge on any atom is -0.398 e. The van der Waals surface area contributed by atoms with Gasteiger partial charge < -0.3 is 10.6 Å². The fraction of sp³-hybridized carbons (Fsp3) is 0.111. The zero-order chi connectivity index (χ0) is 15.0. The van der Waals surface area contributed by atoms with Gasteiger partial charge in [-0.1, -0.05) is 46.8 Å². The van der Waals surface area contributed by atoms with Crippen LogP contribution in [0.3, 0.4) is 0 Å². The normalized spacial score (nSPS) is 13.9. The molecule has 2 aromatic rings. The number of hydrogen-bond donors (Lipinski definition) is 1. The van der Waals surface area contributed by atoms with E-state index in [9.17, 15) is 0 Å². The smallest absolute Gasteiger partial charge is 0.0502 e. The van der Waals surface area contributed by atoms with Crippen LogP contribution in [0.4, 0.5) is 11.4 Å². The van der Waals surface area contributed by atoms with Crippen LogP contribution in [0.2, 0.25) is 0 Å². The van der Waals surface area contributed by atoms with Crippen molar-refractivity contribution in [3.05, 3.63) is 76.4 Å². The summed E-state index contributed by atoms with van der Waals surface area (Å²) >= 11 is 3.56. The molecular weight excluding hydrogens is 324 g/mol. The first-order valence-corrected chi connectivity index (χ1v) is 7.63. The molecule has 0 saturated carbocycles. The second-order valence-electron chi connectivity index (χ2n) is 5.26. The van der Waals surface area contributed by atoms with Gasteiger partial charge in [0.15, 0.2) is 0 Å². The van der Waals surface area contributed by atoms with Crippen LogP contribution in [0.5, 0.6) is 0 Å². The van der Waals surface area contributed by atoms with Gasteiger partial charge in [-0.05, 0) is 42.3 Å². The van der Waals surface area contributed by atoms with E-state index in [4.69, 9.17) is 5.73 Å². The van der Waals surface area contributed by atoms with E-state index >= 15 is 0 Å². The maximum Gasteiger partial charge on any atom is 0.0502 e. The third kappa shape index (κ3) is 2.61. The molecule has 0 bridgehead atoms. The van der Waals surface area contributed by atoms with E-state index in [1.807, 2.05) is 24.3 Å². The van der Waals surface area contributed by atoms with E-state index < -0.39 is 0 Å². The molecule has 0 radical (unpaired) electrons. The molecule has 0 saturated heterocycles. The van der Waals surface area contributed by atoms with Crippen LogP contribution in [0.15, 0.2) is 65.3 Å². The van der Waals surface area contributed by atoms with Crippen molar-refractivity contribution >= 4 is 32.9 Å². The van der Waals surface area contributed by atoms with E-state index in [1.165, 1.54) is 11.3 Å². The van der Waals surface area contributed by atoms with Crippen LogP contribution in [-0.4, -0.2) is 0 Å². The monoisotopic (exact) mass is 340 g/mol. The highest BCUT2D eigenvalue weighted by Gasteiger charge is 2.20. The molecule has 0 atom stereocenters. The first-order chi connectivity index (χ1) is 10.1. The molecule has 21 heavy (non-hydrogen) atoms. The maximum atomic E-state index is 6.09. The standard InChI is InChI=1S/C18H17BrN2/c1-12-9-13(2)21(11-14-5-3-4-6-17(14)20)18-10-15(19)7-8-16(12)18/h3-10H,1,11,20H2,2H3. The summed E-state index contributed by atoms with van der Waals surface area (Å²) in [6, 6.07) is 14.3. The van der Waals surface area contributed by atoms with Gasteiger partial charge >= 0.3 is 0 Å². The van der Waals surface area contributed by atoms with Crippen molar-refractivity contribution in [2.75, 3.05) is 10.6 Å². The van der Waals surface area contributed by atoms with Crippen molar-refractivity contribution in [2.24, 2.45) is 0 Å². The molecule has 1 aliphatic rings. The Labute approximate surface area is 133 Å². The number of benzene rings is 2. The number of anilines is 2. The number of para-hydroxylation sites is 1. The predicted molar refractivity (Wildman–Crippen MR) is 94.0 cm³/mol. The SMILES string of the molecule is C=C1C=C(C)N(Cc2ccccc2N)c2cc(Br)ccc21. The molecule has 0 fully saturated rings. The van der Waals surface area contributed by atoms with Gasteiger partial charge in [-0.2, -0.15) is 0 Å². The lowest BCUT2D eigenvalue weighted by Crippen LogP contribution is -2.24. The number of rotatable bonds is 2. The molecule has 0 spiro atoms. The van der Waals surface area contributed by atoms with E-state index in [0.717, 1.165) is 33.5 Å². The molecule has 3 rings (SSSR count). The van der Waals surface area contributed by atoms with Gasteiger partial charge in [0.05, 0.1) is 5.69 Å². The van der Waals surface area contributed by atoms with Crippen LogP contribution in [0, 0.1) is 0 Å². The molecule has 106 valence electrons. The lowest BCUT2D eigenvalue weighted by molar-refractivity contribution is 0.906. The van der Waals surface area contributed by atoms with Crippen LogP contribution in [-0.2, 0) is 6.54 Å². The Hall–Kier alpha value is -2.00. The Morgan fingerprint density at radius 1 is 1.19 bits per heavy atom. The third-order valence-electron chi connectivity index (χ3n) is 3.79. The largest absolute Gasteiger partial charge is 0.398 e. The summed E-state index contributed by atoms with van der Waals surface area (Å²) in [7, 11) is 0. The quantitative estimate of drug-likeness (QED) is 0.782. The summed E-state index contributed by atoms with van der Waals surface area (Å²) in [4.78, 5) is 2.28. The maximum absolute atomic E-state index is 6.09. The van der Waals surface area contributed by atoms with Gasteiger partial charge in [0, 0.05) is 28.0 Å². The summed E-state index contributed by atoms with van der Waals surface area (Å²) in [5, 5.41) is 0. The number of fused-ring (bicyclic) bond motifs is 1. The summed E-state index contributed by atoms with van der Waals surface area (Å²) in [6.45, 7) is 7.01. The summed E-state index contributed by atoms with van der Waals surface area (Å²) in [6.07, 6.45) is 2.12. The highest BCUT2D eigenvalue weighted by Crippen LogP contribution is 2.38. The van der Waals surface area contributed by atoms with Crippen molar-refractivity contribution in [3.8, 4) is 0 Å². The fourth-order valence-corrected chi connectivity index (χ4v) is 3.00. The highest BCUT2D eigenvalue weighted by molar-refractivity contribution is 9.10. The summed E-state index contributed by atoms with van der Waals surface area (Å²) < 4.78 is 1.06. The number of nitrogens with two attached hydrogens (primary N) is 1. The van der Waals surface area contributed by atoms with E-state index in [1.54, 1.807) is 0 Å². The Kier molecular flexibility index (Phi) is 3.60. The average Bonchev–Trinajstić information content (AvgIpc) is 2.45.